The predicted molar refractivity (Wildman–Crippen MR) is 121 cm³/mol. The van der Waals surface area contributed by atoms with E-state index in [2.05, 4.69) is 9.97 Å². The summed E-state index contributed by atoms with van der Waals surface area (Å²) in [6.45, 7) is 1.62. The molecule has 2 aromatic heterocycles. The Kier molecular flexibility index (Phi) is 5.95. The van der Waals surface area contributed by atoms with Crippen LogP contribution in [0.1, 0.15) is 5.56 Å². The van der Waals surface area contributed by atoms with E-state index in [1.54, 1.807) is 30.4 Å². The van der Waals surface area contributed by atoms with E-state index < -0.39 is 10.1 Å². The van der Waals surface area contributed by atoms with Gasteiger partial charge in [-0.2, -0.15) is 0 Å². The number of aromatic nitrogens is 2. The van der Waals surface area contributed by atoms with Crippen molar-refractivity contribution in [3.63, 3.8) is 0 Å². The van der Waals surface area contributed by atoms with E-state index in [9.17, 15) is 13.0 Å². The minimum Gasteiger partial charge on any atom is -0.744 e. The Morgan fingerprint density at radius 3 is 2.19 bits per heavy atom. The first-order chi connectivity index (χ1) is 14.3. The number of hydrogen-bond donors (Lipinski definition) is 1. The summed E-state index contributed by atoms with van der Waals surface area (Å²) in [7, 11) is -4.59. The number of rotatable bonds is 3. The van der Waals surface area contributed by atoms with E-state index in [1.165, 1.54) is 11.3 Å². The summed E-state index contributed by atoms with van der Waals surface area (Å²) >= 11 is 2.77. The predicted octanol–water partition coefficient (Wildman–Crippen LogP) is 2.04. The van der Waals surface area contributed by atoms with E-state index in [0.29, 0.717) is 26.5 Å². The van der Waals surface area contributed by atoms with Crippen LogP contribution in [0, 0.1) is 6.92 Å². The van der Waals surface area contributed by atoms with Crippen LogP contribution in [-0.2, 0) is 10.1 Å². The van der Waals surface area contributed by atoms with Gasteiger partial charge in [0.1, 0.15) is 20.1 Å². The molecule has 0 bridgehead atoms. The average Bonchev–Trinajstić information content (AvgIpc) is 3.30. The van der Waals surface area contributed by atoms with Gasteiger partial charge in [-0.3, -0.25) is 0 Å². The van der Waals surface area contributed by atoms with Gasteiger partial charge in [-0.05, 0) is 61.0 Å². The van der Waals surface area contributed by atoms with Crippen molar-refractivity contribution in [2.45, 2.75) is 11.8 Å². The van der Waals surface area contributed by atoms with E-state index in [0.717, 1.165) is 26.4 Å². The minimum atomic E-state index is -4.59. The van der Waals surface area contributed by atoms with Gasteiger partial charge in [-0.1, -0.05) is 6.07 Å². The van der Waals surface area contributed by atoms with Crippen molar-refractivity contribution < 1.29 is 42.5 Å². The van der Waals surface area contributed by atoms with Crippen molar-refractivity contribution in [1.29, 1.82) is 0 Å². The van der Waals surface area contributed by atoms with E-state index in [1.807, 2.05) is 42.5 Å². The molecule has 6 nitrogen and oxygen atoms in total. The van der Waals surface area contributed by atoms with Gasteiger partial charge in [-0.15, -0.1) is 22.7 Å². The Morgan fingerprint density at radius 1 is 0.871 bits per heavy atom. The third-order valence-corrected chi connectivity index (χ3v) is 8.11. The number of nitrogens with two attached hydrogens (primary N) is 1. The number of nitrogens with zero attached hydrogens (tertiary/aromatic N) is 2. The molecule has 0 saturated carbocycles. The topological polar surface area (TPSA) is 109 Å². The second-order valence-corrected chi connectivity index (χ2v) is 10.2. The van der Waals surface area contributed by atoms with Crippen molar-refractivity contribution >= 4 is 58.9 Å². The van der Waals surface area contributed by atoms with Crippen LogP contribution < -0.4 is 35.3 Å². The van der Waals surface area contributed by atoms with Crippen molar-refractivity contribution in [2.75, 3.05) is 5.73 Å². The number of thiazole rings is 2. The average molecular weight is 476 g/mol. The molecule has 5 aromatic rings. The molecule has 150 valence electrons. The van der Waals surface area contributed by atoms with Crippen LogP contribution in [-0.4, -0.2) is 22.9 Å². The van der Waals surface area contributed by atoms with Crippen molar-refractivity contribution in [3.8, 4) is 21.1 Å². The monoisotopic (exact) mass is 475 g/mol. The zero-order chi connectivity index (χ0) is 21.0. The maximum Gasteiger partial charge on any atom is 1.00 e. The summed E-state index contributed by atoms with van der Waals surface area (Å²) in [5.41, 5.74) is 10.1. The zero-order valence-electron chi connectivity index (χ0n) is 16.6. The van der Waals surface area contributed by atoms with Gasteiger partial charge in [-0.25, -0.2) is 18.4 Å². The van der Waals surface area contributed by atoms with E-state index in [-0.39, 0.29) is 34.5 Å². The molecule has 0 fully saturated rings. The number of hydrogen-bond acceptors (Lipinski definition) is 8. The molecule has 0 saturated heterocycles. The summed E-state index contributed by atoms with van der Waals surface area (Å²) in [5.74, 6) is 0. The number of nitrogen functional groups attached to an aromatic ring is 1. The first-order valence-electron chi connectivity index (χ1n) is 8.92. The van der Waals surface area contributed by atoms with Gasteiger partial charge >= 0.3 is 29.6 Å². The van der Waals surface area contributed by atoms with E-state index in [4.69, 9.17) is 5.73 Å². The Hall–Kier alpha value is -1.85. The Bertz CT molecular complexity index is 1540. The maximum atomic E-state index is 11.8. The molecule has 0 aliphatic heterocycles. The van der Waals surface area contributed by atoms with Crippen LogP contribution in [0.4, 0.5) is 5.69 Å². The molecule has 2 heterocycles. The van der Waals surface area contributed by atoms with Crippen LogP contribution in [0.2, 0.25) is 0 Å². The summed E-state index contributed by atoms with van der Waals surface area (Å²) < 4.78 is 36.7. The standard InChI is InChI=1S/C21H15N3O3S3.Na/c1-11-2-8-16-18(19(11)30(25,26)27)29-21(24-16)13-5-9-15-17(10-13)28-20(23-15)12-3-6-14(22)7-4-12;/h2-10H,22H2,1H3,(H,25,26,27);/q;+1/p-1. The van der Waals surface area contributed by atoms with Crippen LogP contribution in [0.15, 0.2) is 59.5 Å². The largest absolute Gasteiger partial charge is 1.00 e. The summed E-state index contributed by atoms with van der Waals surface area (Å²) in [4.78, 5) is 9.07. The van der Waals surface area contributed by atoms with Crippen molar-refractivity contribution in [2.24, 2.45) is 0 Å². The van der Waals surface area contributed by atoms with Gasteiger partial charge in [0.05, 0.1) is 25.3 Å². The molecule has 0 atom stereocenters. The van der Waals surface area contributed by atoms with Crippen LogP contribution in [0.3, 0.4) is 0 Å². The van der Waals surface area contributed by atoms with Gasteiger partial charge < -0.3 is 10.3 Å². The number of benzene rings is 3. The molecular weight excluding hydrogens is 461 g/mol. The van der Waals surface area contributed by atoms with Gasteiger partial charge in [0.25, 0.3) is 0 Å². The molecule has 0 unspecified atom stereocenters. The molecule has 31 heavy (non-hydrogen) atoms. The Morgan fingerprint density at radius 2 is 1.48 bits per heavy atom. The molecule has 2 N–H and O–H groups in total. The molecule has 0 radical (unpaired) electrons. The number of fused-ring (bicyclic) bond motifs is 2. The molecule has 0 aliphatic rings. The van der Waals surface area contributed by atoms with Crippen LogP contribution in [0.5, 0.6) is 0 Å². The summed E-state index contributed by atoms with van der Waals surface area (Å²) in [5, 5.41) is 1.55. The summed E-state index contributed by atoms with van der Waals surface area (Å²) in [6.07, 6.45) is 0. The third kappa shape index (κ3) is 4.14. The molecular formula is C21H14N3NaO3S3. The maximum absolute atomic E-state index is 11.8. The zero-order valence-corrected chi connectivity index (χ0v) is 21.1. The molecule has 0 amide bonds. The molecule has 0 aliphatic carbocycles. The SMILES string of the molecule is Cc1ccc2nc(-c3ccc4nc(-c5ccc(N)cc5)sc4c3)sc2c1S(=O)(=O)[O-].[Na+]. The quantitative estimate of drug-likeness (QED) is 0.243. The minimum absolute atomic E-state index is 0. The normalized spacial score (nSPS) is 11.7. The third-order valence-electron chi connectivity index (χ3n) is 4.75. The molecule has 3 aromatic carbocycles. The second kappa shape index (κ2) is 8.25. The molecule has 10 heteroatoms. The first kappa shape index (κ1) is 22.3. The van der Waals surface area contributed by atoms with E-state index >= 15 is 0 Å². The fraction of sp³-hybridized carbons (Fsp3) is 0.0476. The van der Waals surface area contributed by atoms with Gasteiger partial charge in [0, 0.05) is 16.8 Å². The molecule has 0 spiro atoms. The molecule has 5 rings (SSSR count). The van der Waals surface area contributed by atoms with Gasteiger partial charge in [0.15, 0.2) is 0 Å². The van der Waals surface area contributed by atoms with Crippen molar-refractivity contribution in [3.05, 3.63) is 60.2 Å². The van der Waals surface area contributed by atoms with Crippen LogP contribution in [0.25, 0.3) is 41.6 Å². The number of anilines is 1. The Labute approximate surface area is 208 Å². The van der Waals surface area contributed by atoms with Gasteiger partial charge in [0.2, 0.25) is 0 Å². The van der Waals surface area contributed by atoms with Crippen molar-refractivity contribution in [1.82, 2.24) is 9.97 Å². The second-order valence-electron chi connectivity index (χ2n) is 6.86. The fourth-order valence-corrected chi connectivity index (χ4v) is 6.60. The number of aryl methyl sites for hydroxylation is 1. The Balaban J connectivity index is 0.00000231. The smallest absolute Gasteiger partial charge is 0.744 e. The first-order valence-corrected chi connectivity index (χ1v) is 12.0. The fourth-order valence-electron chi connectivity index (χ4n) is 3.31. The summed E-state index contributed by atoms with van der Waals surface area (Å²) in [6, 6.07) is 16.7. The van der Waals surface area contributed by atoms with Crippen LogP contribution >= 0.6 is 22.7 Å².